The number of carboxylic acid groups (broad SMARTS) is 1. The molecule has 0 saturated carbocycles. The Morgan fingerprint density at radius 3 is 2.67 bits per heavy atom. The number of hydrogen-bond donors (Lipinski definition) is 2. The first kappa shape index (κ1) is 14.6. The standard InChI is InChI=1S/C13H15N5O3/c1-13(2,12(20)21)7-11(19)15-9-5-3-4-6-10(9)18-8-14-16-17-18/h3-6,8H,7H2,1-2H3,(H,15,19)(H,20,21). The monoisotopic (exact) mass is 289 g/mol. The Labute approximate surface area is 120 Å². The highest BCUT2D eigenvalue weighted by molar-refractivity contribution is 5.95. The van der Waals surface area contributed by atoms with Crippen molar-refractivity contribution in [3.63, 3.8) is 0 Å². The largest absolute Gasteiger partial charge is 0.481 e. The number of nitrogens with zero attached hydrogens (tertiary/aromatic N) is 4. The molecule has 2 N–H and O–H groups in total. The predicted octanol–water partition coefficient (Wildman–Crippen LogP) is 1.10. The van der Waals surface area contributed by atoms with E-state index in [0.717, 1.165) is 0 Å². The van der Waals surface area contributed by atoms with Gasteiger partial charge in [0, 0.05) is 6.42 Å². The normalized spacial score (nSPS) is 11.1. The van der Waals surface area contributed by atoms with Crippen molar-refractivity contribution in [1.82, 2.24) is 20.2 Å². The van der Waals surface area contributed by atoms with Crippen molar-refractivity contribution in [2.24, 2.45) is 5.41 Å². The number of carbonyl (C=O) groups excluding carboxylic acids is 1. The fourth-order valence-electron chi connectivity index (χ4n) is 1.72. The van der Waals surface area contributed by atoms with Gasteiger partial charge in [-0.25, -0.2) is 0 Å². The van der Waals surface area contributed by atoms with Crippen LogP contribution in [0.25, 0.3) is 5.69 Å². The number of amides is 1. The summed E-state index contributed by atoms with van der Waals surface area (Å²) in [5, 5.41) is 22.6. The van der Waals surface area contributed by atoms with Gasteiger partial charge >= 0.3 is 5.97 Å². The van der Waals surface area contributed by atoms with Crippen LogP contribution in [0.2, 0.25) is 0 Å². The van der Waals surface area contributed by atoms with E-state index < -0.39 is 11.4 Å². The molecule has 0 spiro atoms. The van der Waals surface area contributed by atoms with Gasteiger partial charge < -0.3 is 10.4 Å². The summed E-state index contributed by atoms with van der Waals surface area (Å²) in [6.07, 6.45) is 1.28. The SMILES string of the molecule is CC(C)(CC(=O)Nc1ccccc1-n1cnnn1)C(=O)O. The molecule has 0 aliphatic carbocycles. The van der Waals surface area contributed by atoms with Gasteiger partial charge in [0.2, 0.25) is 5.91 Å². The minimum Gasteiger partial charge on any atom is -0.481 e. The molecule has 1 aromatic heterocycles. The fraction of sp³-hybridized carbons (Fsp3) is 0.308. The Bertz CT molecular complexity index is 652. The molecule has 0 saturated heterocycles. The van der Waals surface area contributed by atoms with Gasteiger partial charge in [0.15, 0.2) is 0 Å². The highest BCUT2D eigenvalue weighted by atomic mass is 16.4. The van der Waals surface area contributed by atoms with Crippen LogP contribution in [0.3, 0.4) is 0 Å². The lowest BCUT2D eigenvalue weighted by Gasteiger charge is -2.18. The number of benzene rings is 1. The van der Waals surface area contributed by atoms with Crippen LogP contribution in [0.15, 0.2) is 30.6 Å². The van der Waals surface area contributed by atoms with Gasteiger partial charge in [0.25, 0.3) is 0 Å². The second-order valence-corrected chi connectivity index (χ2v) is 5.19. The fourth-order valence-corrected chi connectivity index (χ4v) is 1.72. The second-order valence-electron chi connectivity index (χ2n) is 5.19. The van der Waals surface area contributed by atoms with E-state index in [-0.39, 0.29) is 12.3 Å². The van der Waals surface area contributed by atoms with E-state index in [0.29, 0.717) is 11.4 Å². The number of para-hydroxylation sites is 2. The van der Waals surface area contributed by atoms with Gasteiger partial charge in [-0.05, 0) is 36.4 Å². The summed E-state index contributed by atoms with van der Waals surface area (Å²) in [5.41, 5.74) is -0.0200. The summed E-state index contributed by atoms with van der Waals surface area (Å²) in [6, 6.07) is 6.98. The lowest BCUT2D eigenvalue weighted by atomic mass is 9.89. The number of nitrogens with one attached hydrogen (secondary N) is 1. The molecule has 0 fully saturated rings. The lowest BCUT2D eigenvalue weighted by Crippen LogP contribution is -2.29. The third kappa shape index (κ3) is 3.41. The molecule has 2 aromatic rings. The van der Waals surface area contributed by atoms with E-state index in [2.05, 4.69) is 20.8 Å². The zero-order chi connectivity index (χ0) is 15.5. The number of aromatic nitrogens is 4. The van der Waals surface area contributed by atoms with Crippen LogP contribution in [0.4, 0.5) is 5.69 Å². The number of hydrogen-bond acceptors (Lipinski definition) is 5. The van der Waals surface area contributed by atoms with Gasteiger partial charge in [-0.1, -0.05) is 12.1 Å². The van der Waals surface area contributed by atoms with Gasteiger partial charge in [0.1, 0.15) is 6.33 Å². The van der Waals surface area contributed by atoms with E-state index >= 15 is 0 Å². The maximum atomic E-state index is 12.0. The van der Waals surface area contributed by atoms with Gasteiger partial charge in [-0.3, -0.25) is 9.59 Å². The number of anilines is 1. The average molecular weight is 289 g/mol. The predicted molar refractivity (Wildman–Crippen MR) is 73.8 cm³/mol. The number of aliphatic carboxylic acids is 1. The van der Waals surface area contributed by atoms with Crippen molar-refractivity contribution in [2.75, 3.05) is 5.32 Å². The maximum Gasteiger partial charge on any atom is 0.309 e. The molecule has 8 heteroatoms. The van der Waals surface area contributed by atoms with Gasteiger partial charge in [-0.2, -0.15) is 4.68 Å². The zero-order valence-corrected chi connectivity index (χ0v) is 11.6. The summed E-state index contributed by atoms with van der Waals surface area (Å²) < 4.78 is 1.41. The topological polar surface area (TPSA) is 110 Å². The molecule has 0 unspecified atom stereocenters. The number of carbonyl (C=O) groups is 2. The Balaban J connectivity index is 2.17. The van der Waals surface area contributed by atoms with E-state index in [1.165, 1.54) is 24.9 Å². The van der Waals surface area contributed by atoms with Crippen LogP contribution in [0, 0.1) is 5.41 Å². The van der Waals surface area contributed by atoms with Crippen molar-refractivity contribution < 1.29 is 14.7 Å². The van der Waals surface area contributed by atoms with Crippen LogP contribution in [0.1, 0.15) is 20.3 Å². The van der Waals surface area contributed by atoms with Crippen molar-refractivity contribution in [3.05, 3.63) is 30.6 Å². The second kappa shape index (κ2) is 5.70. The maximum absolute atomic E-state index is 12.0. The molecular weight excluding hydrogens is 274 g/mol. The molecule has 0 bridgehead atoms. The summed E-state index contributed by atoms with van der Waals surface area (Å²) in [4.78, 5) is 23.1. The summed E-state index contributed by atoms with van der Waals surface area (Å²) in [7, 11) is 0. The molecule has 2 rings (SSSR count). The third-order valence-electron chi connectivity index (χ3n) is 2.96. The Morgan fingerprint density at radius 2 is 2.05 bits per heavy atom. The molecule has 0 aliphatic rings. The smallest absolute Gasteiger partial charge is 0.309 e. The Morgan fingerprint density at radius 1 is 1.33 bits per heavy atom. The van der Waals surface area contributed by atoms with E-state index in [9.17, 15) is 9.59 Å². The van der Waals surface area contributed by atoms with Crippen LogP contribution in [-0.4, -0.2) is 37.2 Å². The van der Waals surface area contributed by atoms with Crippen molar-refractivity contribution in [3.8, 4) is 5.69 Å². The molecular formula is C13H15N5O3. The number of carboxylic acids is 1. The van der Waals surface area contributed by atoms with Crippen LogP contribution < -0.4 is 5.32 Å². The minimum absolute atomic E-state index is 0.133. The van der Waals surface area contributed by atoms with E-state index in [4.69, 9.17) is 5.11 Å². The zero-order valence-electron chi connectivity index (χ0n) is 11.6. The first-order valence-corrected chi connectivity index (χ1v) is 6.26. The number of tetrazole rings is 1. The average Bonchev–Trinajstić information content (AvgIpc) is 2.92. The molecule has 110 valence electrons. The molecule has 1 aromatic carbocycles. The van der Waals surface area contributed by atoms with Crippen molar-refractivity contribution >= 4 is 17.6 Å². The van der Waals surface area contributed by atoms with Crippen molar-refractivity contribution in [1.29, 1.82) is 0 Å². The molecule has 0 aliphatic heterocycles. The highest BCUT2D eigenvalue weighted by Crippen LogP contribution is 2.23. The summed E-state index contributed by atoms with van der Waals surface area (Å²) in [5.74, 6) is -1.41. The molecule has 0 atom stereocenters. The minimum atomic E-state index is -1.13. The van der Waals surface area contributed by atoms with E-state index in [1.54, 1.807) is 24.3 Å². The summed E-state index contributed by atoms with van der Waals surface area (Å²) in [6.45, 7) is 3.00. The van der Waals surface area contributed by atoms with Crippen LogP contribution >= 0.6 is 0 Å². The number of rotatable bonds is 5. The van der Waals surface area contributed by atoms with Crippen molar-refractivity contribution in [2.45, 2.75) is 20.3 Å². The molecule has 1 heterocycles. The lowest BCUT2D eigenvalue weighted by molar-refractivity contribution is -0.148. The molecule has 1 amide bonds. The Kier molecular flexibility index (Phi) is 3.97. The summed E-state index contributed by atoms with van der Waals surface area (Å²) >= 11 is 0. The third-order valence-corrected chi connectivity index (χ3v) is 2.96. The Hall–Kier alpha value is -2.77. The quantitative estimate of drug-likeness (QED) is 0.853. The highest BCUT2D eigenvalue weighted by Gasteiger charge is 2.30. The first-order valence-electron chi connectivity index (χ1n) is 6.26. The first-order chi connectivity index (χ1) is 9.90. The molecule has 21 heavy (non-hydrogen) atoms. The van der Waals surface area contributed by atoms with E-state index in [1.807, 2.05) is 0 Å². The molecule has 0 radical (unpaired) electrons. The van der Waals surface area contributed by atoms with Gasteiger partial charge in [-0.15, -0.1) is 5.10 Å². The van der Waals surface area contributed by atoms with Crippen LogP contribution in [0.5, 0.6) is 0 Å². The molecule has 8 nitrogen and oxygen atoms in total. The van der Waals surface area contributed by atoms with Crippen LogP contribution in [-0.2, 0) is 9.59 Å². The van der Waals surface area contributed by atoms with Gasteiger partial charge in [0.05, 0.1) is 16.8 Å².